The van der Waals surface area contributed by atoms with Gasteiger partial charge in [0.25, 0.3) is 0 Å². The number of amides is 1. The summed E-state index contributed by atoms with van der Waals surface area (Å²) in [6.07, 6.45) is 4.97. The Hall–Kier alpha value is -2.46. The highest BCUT2D eigenvalue weighted by molar-refractivity contribution is 5.92. The zero-order chi connectivity index (χ0) is 13.5. The number of rotatable bonds is 5. The first-order chi connectivity index (χ1) is 8.54. The fourth-order valence-electron chi connectivity index (χ4n) is 1.19. The molecule has 0 aliphatic heterocycles. The number of nitro benzene ring substituents is 1. The highest BCUT2D eigenvalue weighted by Crippen LogP contribution is 2.20. The maximum Gasteiger partial charge on any atom is 0.304 e. The number of carbonyl (C=O) groups is 1. The zero-order valence-corrected chi connectivity index (χ0v) is 9.27. The van der Waals surface area contributed by atoms with Crippen LogP contribution in [-0.2, 0) is 4.79 Å². The summed E-state index contributed by atoms with van der Waals surface area (Å²) in [7, 11) is 0. The van der Waals surface area contributed by atoms with Crippen molar-refractivity contribution in [2.45, 2.75) is 0 Å². The molecule has 18 heavy (non-hydrogen) atoms. The Balaban J connectivity index is 2.64. The molecule has 0 heterocycles. The van der Waals surface area contributed by atoms with Crippen LogP contribution >= 0.6 is 0 Å². The highest BCUT2D eigenvalue weighted by Gasteiger charge is 2.14. The van der Waals surface area contributed by atoms with E-state index in [0.29, 0.717) is 0 Å². The van der Waals surface area contributed by atoms with Gasteiger partial charge in [0.05, 0.1) is 18.0 Å². The molecule has 0 aromatic heterocycles. The van der Waals surface area contributed by atoms with Gasteiger partial charge in [0.1, 0.15) is 0 Å². The van der Waals surface area contributed by atoms with Gasteiger partial charge >= 0.3 is 5.69 Å². The van der Waals surface area contributed by atoms with E-state index >= 15 is 0 Å². The van der Waals surface area contributed by atoms with Crippen LogP contribution in [0.2, 0.25) is 0 Å². The number of carbonyl (C=O) groups excluding carboxylic acids is 1. The second-order valence-corrected chi connectivity index (χ2v) is 3.28. The van der Waals surface area contributed by atoms with Crippen molar-refractivity contribution in [2.75, 3.05) is 18.4 Å². The maximum absolute atomic E-state index is 13.2. The summed E-state index contributed by atoms with van der Waals surface area (Å²) in [5, 5.41) is 15.4. The van der Waals surface area contributed by atoms with E-state index in [1.165, 1.54) is 6.07 Å². The summed E-state index contributed by atoms with van der Waals surface area (Å²) in [5.74, 6) is 0.867. The van der Waals surface area contributed by atoms with Crippen LogP contribution in [-0.4, -0.2) is 23.9 Å². The van der Waals surface area contributed by atoms with Crippen molar-refractivity contribution in [2.24, 2.45) is 0 Å². The summed E-state index contributed by atoms with van der Waals surface area (Å²) in [5.41, 5.74) is -0.496. The van der Waals surface area contributed by atoms with Gasteiger partial charge in [-0.15, -0.1) is 6.42 Å². The molecule has 6 nitrogen and oxygen atoms in total. The van der Waals surface area contributed by atoms with Gasteiger partial charge in [0.15, 0.2) is 0 Å². The molecule has 0 atom stereocenters. The van der Waals surface area contributed by atoms with Crippen molar-refractivity contribution in [3.8, 4) is 12.3 Å². The van der Waals surface area contributed by atoms with E-state index in [9.17, 15) is 19.3 Å². The average Bonchev–Trinajstić information content (AvgIpc) is 2.28. The SMILES string of the molecule is C#CCNCC(=O)Nc1ccc([N+](=O)[O-])c(F)c1. The molecule has 0 spiro atoms. The molecule has 94 valence electrons. The van der Waals surface area contributed by atoms with Crippen LogP contribution in [0.25, 0.3) is 0 Å². The van der Waals surface area contributed by atoms with E-state index in [1.54, 1.807) is 0 Å². The Morgan fingerprint density at radius 1 is 1.56 bits per heavy atom. The van der Waals surface area contributed by atoms with E-state index < -0.39 is 22.3 Å². The normalized spacial score (nSPS) is 9.56. The predicted octanol–water partition coefficient (Wildman–Crippen LogP) is 0.895. The molecule has 7 heteroatoms. The largest absolute Gasteiger partial charge is 0.325 e. The molecule has 1 aromatic carbocycles. The Kier molecular flexibility index (Phi) is 4.78. The summed E-state index contributed by atoms with van der Waals surface area (Å²) in [6, 6.07) is 3.12. The number of halogens is 1. The molecule has 1 amide bonds. The van der Waals surface area contributed by atoms with Crippen molar-refractivity contribution in [1.82, 2.24) is 5.32 Å². The van der Waals surface area contributed by atoms with E-state index in [1.807, 2.05) is 0 Å². The van der Waals surface area contributed by atoms with E-state index in [0.717, 1.165) is 12.1 Å². The van der Waals surface area contributed by atoms with Crippen LogP contribution in [0.5, 0.6) is 0 Å². The average molecular weight is 251 g/mol. The van der Waals surface area contributed by atoms with Crippen LogP contribution in [0.3, 0.4) is 0 Å². The van der Waals surface area contributed by atoms with Crippen molar-refractivity contribution in [3.63, 3.8) is 0 Å². The van der Waals surface area contributed by atoms with Crippen LogP contribution in [0.1, 0.15) is 0 Å². The molecule has 0 unspecified atom stereocenters. The number of terminal acetylenes is 1. The molecule has 0 aliphatic rings. The molecule has 0 bridgehead atoms. The fourth-order valence-corrected chi connectivity index (χ4v) is 1.19. The number of nitrogens with one attached hydrogen (secondary N) is 2. The van der Waals surface area contributed by atoms with E-state index in [4.69, 9.17) is 6.42 Å². The second-order valence-electron chi connectivity index (χ2n) is 3.28. The first-order valence-electron chi connectivity index (χ1n) is 4.92. The van der Waals surface area contributed by atoms with Gasteiger partial charge in [-0.3, -0.25) is 20.2 Å². The third kappa shape index (κ3) is 3.84. The summed E-state index contributed by atoms with van der Waals surface area (Å²) >= 11 is 0. The summed E-state index contributed by atoms with van der Waals surface area (Å²) in [6.45, 7) is 0.213. The van der Waals surface area contributed by atoms with Crippen molar-refractivity contribution in [1.29, 1.82) is 0 Å². The number of hydrogen-bond acceptors (Lipinski definition) is 4. The maximum atomic E-state index is 13.2. The lowest BCUT2D eigenvalue weighted by Gasteiger charge is -2.05. The smallest absolute Gasteiger partial charge is 0.304 e. The van der Waals surface area contributed by atoms with E-state index in [2.05, 4.69) is 16.6 Å². The predicted molar refractivity (Wildman–Crippen MR) is 63.4 cm³/mol. The molecule has 0 saturated heterocycles. The first-order valence-corrected chi connectivity index (χ1v) is 4.92. The standard InChI is InChI=1S/C11H10FN3O3/c1-2-5-13-7-11(16)14-8-3-4-10(15(17)18)9(12)6-8/h1,3-4,6,13H,5,7H2,(H,14,16). The van der Waals surface area contributed by atoms with Gasteiger partial charge in [-0.2, -0.15) is 4.39 Å². The molecule has 2 N–H and O–H groups in total. The van der Waals surface area contributed by atoms with Gasteiger partial charge in [-0.25, -0.2) is 0 Å². The second kappa shape index (κ2) is 6.32. The van der Waals surface area contributed by atoms with Gasteiger partial charge in [0, 0.05) is 17.8 Å². The number of benzene rings is 1. The Morgan fingerprint density at radius 2 is 2.28 bits per heavy atom. The lowest BCUT2D eigenvalue weighted by atomic mass is 10.2. The van der Waals surface area contributed by atoms with E-state index in [-0.39, 0.29) is 18.8 Å². The third-order valence-electron chi connectivity index (χ3n) is 1.94. The number of anilines is 1. The molecular weight excluding hydrogens is 241 g/mol. The molecular formula is C11H10FN3O3. The summed E-state index contributed by atoms with van der Waals surface area (Å²) < 4.78 is 13.2. The van der Waals surface area contributed by atoms with Gasteiger partial charge in [-0.1, -0.05) is 5.92 Å². The van der Waals surface area contributed by atoms with Gasteiger partial charge in [-0.05, 0) is 6.07 Å². The van der Waals surface area contributed by atoms with Crippen molar-refractivity contribution in [3.05, 3.63) is 34.1 Å². The van der Waals surface area contributed by atoms with Gasteiger partial charge < -0.3 is 5.32 Å². The molecule has 0 radical (unpaired) electrons. The minimum Gasteiger partial charge on any atom is -0.325 e. The Morgan fingerprint density at radius 3 is 2.83 bits per heavy atom. The minimum atomic E-state index is -1.01. The number of nitro groups is 1. The topological polar surface area (TPSA) is 84.3 Å². The number of hydrogen-bond donors (Lipinski definition) is 2. The quantitative estimate of drug-likeness (QED) is 0.352. The van der Waals surface area contributed by atoms with Gasteiger partial charge in [0.2, 0.25) is 11.7 Å². The molecule has 0 fully saturated rings. The van der Waals surface area contributed by atoms with Crippen LogP contribution < -0.4 is 10.6 Å². The fraction of sp³-hybridized carbons (Fsp3) is 0.182. The van der Waals surface area contributed by atoms with Crippen LogP contribution in [0.15, 0.2) is 18.2 Å². The molecule has 1 rings (SSSR count). The monoisotopic (exact) mass is 251 g/mol. The third-order valence-corrected chi connectivity index (χ3v) is 1.94. The Labute approximate surface area is 102 Å². The molecule has 0 aliphatic carbocycles. The zero-order valence-electron chi connectivity index (χ0n) is 9.27. The number of nitrogens with zero attached hydrogens (tertiary/aromatic N) is 1. The first kappa shape index (κ1) is 13.6. The minimum absolute atomic E-state index is 0.0250. The highest BCUT2D eigenvalue weighted by atomic mass is 19.1. The van der Waals surface area contributed by atoms with Crippen molar-refractivity contribution >= 4 is 17.3 Å². The van der Waals surface area contributed by atoms with Crippen LogP contribution in [0, 0.1) is 28.3 Å². The molecule has 0 saturated carbocycles. The van der Waals surface area contributed by atoms with Crippen LogP contribution in [0.4, 0.5) is 15.8 Å². The van der Waals surface area contributed by atoms with Crippen molar-refractivity contribution < 1.29 is 14.1 Å². The molecule has 1 aromatic rings. The summed E-state index contributed by atoms with van der Waals surface area (Å²) in [4.78, 5) is 20.9. The lowest BCUT2D eigenvalue weighted by Crippen LogP contribution is -2.28. The lowest BCUT2D eigenvalue weighted by molar-refractivity contribution is -0.387. The Bertz CT molecular complexity index is 511.